The predicted molar refractivity (Wildman–Crippen MR) is 140 cm³/mol. The second-order valence-electron chi connectivity index (χ2n) is 9.58. The Kier molecular flexibility index (Phi) is 8.13. The quantitative estimate of drug-likeness (QED) is 0.330. The molecular weight excluding hydrogens is 510 g/mol. The van der Waals surface area contributed by atoms with Crippen LogP contribution in [0.25, 0.3) is 0 Å². The molecule has 1 aliphatic heterocycles. The van der Waals surface area contributed by atoms with Crippen molar-refractivity contribution < 1.29 is 36.9 Å². The van der Waals surface area contributed by atoms with Crippen LogP contribution in [0.3, 0.4) is 0 Å². The lowest BCUT2D eigenvalue weighted by Crippen LogP contribution is -2.43. The van der Waals surface area contributed by atoms with Crippen LogP contribution < -0.4 is 14.2 Å². The summed E-state index contributed by atoms with van der Waals surface area (Å²) in [7, 11) is -2.59. The second-order valence-corrected chi connectivity index (χ2v) is 11.4. The molecule has 1 fully saturated rings. The molecule has 0 spiro atoms. The third-order valence-corrected chi connectivity index (χ3v) is 7.21. The second kappa shape index (κ2) is 11.3. The number of carbonyl (C=O) groups excluding carboxylic acids is 1. The molecule has 3 aromatic carbocycles. The van der Waals surface area contributed by atoms with Gasteiger partial charge in [-0.25, -0.2) is 13.2 Å². The van der Waals surface area contributed by atoms with Crippen molar-refractivity contribution in [3.05, 3.63) is 84.4 Å². The molecule has 0 saturated carbocycles. The summed E-state index contributed by atoms with van der Waals surface area (Å²) in [5, 5.41) is 0. The molecule has 38 heavy (non-hydrogen) atoms. The van der Waals surface area contributed by atoms with Gasteiger partial charge in [0.2, 0.25) is 0 Å². The van der Waals surface area contributed by atoms with Gasteiger partial charge in [0.25, 0.3) is 10.0 Å². The highest BCUT2D eigenvalue weighted by molar-refractivity contribution is 7.89. The fourth-order valence-corrected chi connectivity index (χ4v) is 4.93. The van der Waals surface area contributed by atoms with E-state index in [-0.39, 0.29) is 11.5 Å². The molecule has 4 rings (SSSR count). The molecule has 1 saturated heterocycles. The maximum Gasteiger partial charge on any atom is 0.426 e. The Hall–Kier alpha value is -3.76. The summed E-state index contributed by atoms with van der Waals surface area (Å²) in [5.41, 5.74) is 0.114. The SMILES string of the molecule is COc1ccc(COc2ccc(OCC3O[C@@H]3N(C(=O)OC(C)(C)C)S(=O)(=O)c3ccccc3)cc2)cc1. The van der Waals surface area contributed by atoms with Gasteiger partial charge in [-0.2, -0.15) is 4.31 Å². The van der Waals surface area contributed by atoms with E-state index in [4.69, 9.17) is 23.7 Å². The van der Waals surface area contributed by atoms with E-state index in [1.165, 1.54) is 12.1 Å². The topological polar surface area (TPSA) is 104 Å². The van der Waals surface area contributed by atoms with Crippen LogP contribution in [-0.4, -0.2) is 50.5 Å². The predicted octanol–water partition coefficient (Wildman–Crippen LogP) is 5.00. The third-order valence-electron chi connectivity index (χ3n) is 5.46. The maximum atomic E-state index is 13.3. The first-order valence-corrected chi connectivity index (χ1v) is 13.5. The fourth-order valence-electron chi connectivity index (χ4n) is 3.51. The van der Waals surface area contributed by atoms with Crippen LogP contribution in [-0.2, 0) is 26.1 Å². The number of nitrogens with zero attached hydrogens (tertiary/aromatic N) is 1. The summed E-state index contributed by atoms with van der Waals surface area (Å²) in [4.78, 5) is 12.9. The first-order chi connectivity index (χ1) is 18.1. The Morgan fingerprint density at radius 1 is 0.868 bits per heavy atom. The molecule has 0 aromatic heterocycles. The van der Waals surface area contributed by atoms with E-state index >= 15 is 0 Å². The number of epoxide rings is 1. The molecule has 1 aliphatic rings. The Morgan fingerprint density at radius 2 is 1.45 bits per heavy atom. The number of rotatable bonds is 10. The van der Waals surface area contributed by atoms with E-state index in [9.17, 15) is 13.2 Å². The highest BCUT2D eigenvalue weighted by atomic mass is 32.2. The number of benzene rings is 3. The lowest BCUT2D eigenvalue weighted by Gasteiger charge is -2.26. The van der Waals surface area contributed by atoms with E-state index in [1.807, 2.05) is 24.3 Å². The lowest BCUT2D eigenvalue weighted by atomic mass is 10.2. The van der Waals surface area contributed by atoms with Crippen molar-refractivity contribution in [2.24, 2.45) is 0 Å². The largest absolute Gasteiger partial charge is 0.497 e. The third kappa shape index (κ3) is 6.96. The Morgan fingerprint density at radius 3 is 2.03 bits per heavy atom. The molecule has 1 unspecified atom stereocenters. The number of carbonyl (C=O) groups is 1. The number of methoxy groups -OCH3 is 1. The lowest BCUT2D eigenvalue weighted by molar-refractivity contribution is 0.0336. The van der Waals surface area contributed by atoms with Gasteiger partial charge in [0.1, 0.15) is 42.2 Å². The standard InChI is InChI=1S/C28H31NO8S/c1-28(2,3)37-27(30)29(38(31,32)24-8-6-5-7-9-24)26-25(36-26)19-35-23-16-14-22(15-17-23)34-18-20-10-12-21(33-4)13-11-20/h5-17,25-26H,18-19H2,1-4H3/t25?,26-/m0/s1. The Labute approximate surface area is 222 Å². The molecule has 0 bridgehead atoms. The van der Waals surface area contributed by atoms with Crippen LogP contribution in [0.5, 0.6) is 17.2 Å². The van der Waals surface area contributed by atoms with E-state index in [2.05, 4.69) is 0 Å². The number of amides is 1. The average Bonchev–Trinajstić information content (AvgIpc) is 3.65. The van der Waals surface area contributed by atoms with Gasteiger partial charge in [-0.1, -0.05) is 30.3 Å². The van der Waals surface area contributed by atoms with Gasteiger partial charge in [-0.15, -0.1) is 0 Å². The van der Waals surface area contributed by atoms with Crippen LogP contribution in [0.2, 0.25) is 0 Å². The van der Waals surface area contributed by atoms with E-state index in [0.29, 0.717) is 22.4 Å². The molecule has 0 aliphatic carbocycles. The Balaban J connectivity index is 1.35. The Bertz CT molecular complexity index is 1320. The highest BCUT2D eigenvalue weighted by Gasteiger charge is 2.53. The van der Waals surface area contributed by atoms with Crippen molar-refractivity contribution in [2.75, 3.05) is 13.7 Å². The highest BCUT2D eigenvalue weighted by Crippen LogP contribution is 2.33. The zero-order valence-corrected chi connectivity index (χ0v) is 22.5. The number of sulfonamides is 1. The van der Waals surface area contributed by atoms with Crippen LogP contribution in [0, 0.1) is 0 Å². The molecule has 2 atom stereocenters. The molecule has 0 radical (unpaired) electrons. The summed E-state index contributed by atoms with van der Waals surface area (Å²) in [5.74, 6) is 1.99. The molecule has 202 valence electrons. The van der Waals surface area contributed by atoms with Crippen molar-refractivity contribution in [3.8, 4) is 17.2 Å². The normalized spacial score (nSPS) is 16.8. The zero-order chi connectivity index (χ0) is 27.3. The summed E-state index contributed by atoms with van der Waals surface area (Å²) < 4.78 is 54.9. The van der Waals surface area contributed by atoms with Crippen molar-refractivity contribution in [1.82, 2.24) is 4.31 Å². The zero-order valence-electron chi connectivity index (χ0n) is 21.7. The van der Waals surface area contributed by atoms with E-state index in [1.54, 1.807) is 70.3 Å². The van der Waals surface area contributed by atoms with Crippen molar-refractivity contribution >= 4 is 16.1 Å². The minimum Gasteiger partial charge on any atom is -0.497 e. The minimum atomic E-state index is -4.21. The summed E-state index contributed by atoms with van der Waals surface area (Å²) >= 11 is 0. The molecule has 1 amide bonds. The monoisotopic (exact) mass is 541 g/mol. The van der Waals surface area contributed by atoms with Gasteiger partial charge in [-0.3, -0.25) is 0 Å². The first-order valence-electron chi connectivity index (χ1n) is 12.0. The molecule has 1 heterocycles. The number of ether oxygens (including phenoxy) is 5. The van der Waals surface area contributed by atoms with E-state index < -0.39 is 34.0 Å². The van der Waals surface area contributed by atoms with Crippen LogP contribution in [0.1, 0.15) is 26.3 Å². The maximum absolute atomic E-state index is 13.3. The minimum absolute atomic E-state index is 0.0359. The molecule has 0 N–H and O–H groups in total. The molecule has 3 aromatic rings. The fraction of sp³-hybridized carbons (Fsp3) is 0.321. The van der Waals surface area contributed by atoms with Gasteiger partial charge < -0.3 is 23.7 Å². The van der Waals surface area contributed by atoms with Gasteiger partial charge in [0.05, 0.1) is 12.0 Å². The van der Waals surface area contributed by atoms with Crippen LogP contribution in [0.15, 0.2) is 83.8 Å². The molecule has 10 heteroatoms. The van der Waals surface area contributed by atoms with E-state index in [0.717, 1.165) is 11.3 Å². The van der Waals surface area contributed by atoms with Crippen molar-refractivity contribution in [2.45, 2.75) is 50.2 Å². The van der Waals surface area contributed by atoms with Gasteiger partial charge in [0, 0.05) is 0 Å². The smallest absolute Gasteiger partial charge is 0.426 e. The molecular formula is C28H31NO8S. The summed E-state index contributed by atoms with van der Waals surface area (Å²) in [6, 6.07) is 22.3. The van der Waals surface area contributed by atoms with Crippen molar-refractivity contribution in [1.29, 1.82) is 0 Å². The van der Waals surface area contributed by atoms with Gasteiger partial charge in [-0.05, 0) is 74.9 Å². The number of hydrogen-bond donors (Lipinski definition) is 0. The van der Waals surface area contributed by atoms with Crippen molar-refractivity contribution in [3.63, 3.8) is 0 Å². The van der Waals surface area contributed by atoms with Crippen LogP contribution >= 0.6 is 0 Å². The molecule has 9 nitrogen and oxygen atoms in total. The van der Waals surface area contributed by atoms with Gasteiger partial charge in [0.15, 0.2) is 6.23 Å². The summed E-state index contributed by atoms with van der Waals surface area (Å²) in [6.07, 6.45) is -2.69. The van der Waals surface area contributed by atoms with Gasteiger partial charge >= 0.3 is 6.09 Å². The average molecular weight is 542 g/mol. The first kappa shape index (κ1) is 27.3. The van der Waals surface area contributed by atoms with Crippen LogP contribution in [0.4, 0.5) is 4.79 Å². The summed E-state index contributed by atoms with van der Waals surface area (Å²) in [6.45, 7) is 5.43. The number of hydrogen-bond acceptors (Lipinski definition) is 8.